The summed E-state index contributed by atoms with van der Waals surface area (Å²) >= 11 is 0.311. The van der Waals surface area contributed by atoms with Crippen LogP contribution in [0.3, 0.4) is 0 Å². The summed E-state index contributed by atoms with van der Waals surface area (Å²) in [7, 11) is 0. The van der Waals surface area contributed by atoms with Gasteiger partial charge in [-0.05, 0) is 25.7 Å². The van der Waals surface area contributed by atoms with E-state index >= 15 is 0 Å². The molecule has 4 rings (SSSR count). The van der Waals surface area contributed by atoms with Gasteiger partial charge in [0.1, 0.15) is 0 Å². The molecule has 0 aliphatic rings. The first-order valence-electron chi connectivity index (χ1n) is 14.9. The van der Waals surface area contributed by atoms with Crippen LogP contribution in [0.1, 0.15) is 83.9 Å². The molecule has 2 heterocycles. The van der Waals surface area contributed by atoms with Crippen molar-refractivity contribution in [2.75, 3.05) is 0 Å². The Balaban J connectivity index is 0.000000320. The number of ketones is 1. The molecule has 3 nitrogen and oxygen atoms in total. The zero-order valence-corrected chi connectivity index (χ0v) is 30.0. The maximum absolute atomic E-state index is 11.7. The Labute approximate surface area is 267 Å². The number of allylic oxidation sites excluding steroid dienone is 2. The van der Waals surface area contributed by atoms with E-state index in [1.54, 1.807) is 4.26 Å². The van der Waals surface area contributed by atoms with Crippen molar-refractivity contribution >= 4 is 39.6 Å². The van der Waals surface area contributed by atoms with Crippen molar-refractivity contribution in [3.8, 4) is 11.3 Å². The van der Waals surface area contributed by atoms with Crippen LogP contribution in [-0.4, -0.2) is 30.4 Å². The number of carbonyl (C=O) groups excluding carboxylic acids is 1. The van der Waals surface area contributed by atoms with Gasteiger partial charge in [0.05, 0.1) is 5.76 Å². The molecule has 4 aromatic rings. The van der Waals surface area contributed by atoms with Crippen LogP contribution in [0.15, 0.2) is 54.4 Å². The number of aliphatic hydroxyl groups excluding tert-OH is 1. The van der Waals surface area contributed by atoms with Crippen molar-refractivity contribution in [2.24, 2.45) is 17.8 Å². The zero-order chi connectivity index (χ0) is 29.4. The van der Waals surface area contributed by atoms with Crippen LogP contribution in [0.25, 0.3) is 30.6 Å². The molecule has 0 atom stereocenters. The molecule has 0 aliphatic heterocycles. The molecule has 223 valence electrons. The van der Waals surface area contributed by atoms with E-state index in [0.717, 1.165) is 43.4 Å². The number of rotatable bonds is 10. The molecular formula is C36H46IrNO2Se-. The topological polar surface area (TPSA) is 50.2 Å². The molecule has 41 heavy (non-hydrogen) atoms. The van der Waals surface area contributed by atoms with Crippen LogP contribution >= 0.6 is 0 Å². The van der Waals surface area contributed by atoms with Gasteiger partial charge in [-0.15, -0.1) is 0 Å². The van der Waals surface area contributed by atoms with Crippen LogP contribution in [0, 0.1) is 37.7 Å². The van der Waals surface area contributed by atoms with Gasteiger partial charge < -0.3 is 5.11 Å². The number of aryl methyl sites for hydroxylation is 2. The summed E-state index contributed by atoms with van der Waals surface area (Å²) < 4.78 is 2.97. The third-order valence-electron chi connectivity index (χ3n) is 7.61. The van der Waals surface area contributed by atoms with Gasteiger partial charge in [0.15, 0.2) is 5.78 Å². The predicted molar refractivity (Wildman–Crippen MR) is 172 cm³/mol. The number of nitrogens with zero attached hydrogens (tertiary/aromatic N) is 1. The maximum Gasteiger partial charge on any atom is 0 e. The first kappa shape index (κ1) is 35.2. The average Bonchev–Trinajstić information content (AvgIpc) is 3.29. The van der Waals surface area contributed by atoms with Gasteiger partial charge in [0.25, 0.3) is 0 Å². The van der Waals surface area contributed by atoms with Crippen LogP contribution in [-0.2, 0) is 31.3 Å². The quantitative estimate of drug-likeness (QED) is 0.0754. The van der Waals surface area contributed by atoms with Gasteiger partial charge in [0.2, 0.25) is 0 Å². The number of fused-ring (bicyclic) bond motifs is 3. The molecule has 0 spiro atoms. The molecule has 5 heteroatoms. The van der Waals surface area contributed by atoms with E-state index in [4.69, 9.17) is 4.98 Å². The second-order valence-corrected chi connectivity index (χ2v) is 13.4. The van der Waals surface area contributed by atoms with E-state index in [1.807, 2.05) is 33.9 Å². The van der Waals surface area contributed by atoms with Crippen molar-refractivity contribution in [2.45, 2.75) is 87.5 Å². The Hall–Kier alpha value is -2.03. The van der Waals surface area contributed by atoms with E-state index in [0.29, 0.717) is 20.4 Å². The first-order valence-corrected chi connectivity index (χ1v) is 16.6. The van der Waals surface area contributed by atoms with Gasteiger partial charge in [0, 0.05) is 38.0 Å². The standard InChI is InChI=1S/C23H22NSe.C13H24O2.Ir/c1-14(2)10-17-6-5-7-19-20-8-9-24-21(23(20)25-22(17)19)18-12-15(3)11-16(4)13-18;1-5-10(6-2)12(14)9-13(15)11(7-3)8-4;/h5-9,11-12,14H,10H2,1-4H3;9-11,14H,5-8H2,1-4H3;/q-1;;/b;12-9-;. The molecule has 0 aliphatic carbocycles. The fourth-order valence-corrected chi connectivity index (χ4v) is 8.15. The largest absolute Gasteiger partial charge is 0 e. The summed E-state index contributed by atoms with van der Waals surface area (Å²) in [6, 6.07) is 16.9. The van der Waals surface area contributed by atoms with E-state index in [9.17, 15) is 9.90 Å². The summed E-state index contributed by atoms with van der Waals surface area (Å²) in [5.41, 5.74) is 6.22. The predicted octanol–water partition coefficient (Wildman–Crippen LogP) is 9.59. The average molecular weight is 796 g/mol. The zero-order valence-electron chi connectivity index (χ0n) is 25.9. The molecule has 2 aromatic heterocycles. The van der Waals surface area contributed by atoms with Gasteiger partial charge in [-0.3, -0.25) is 4.79 Å². The fourth-order valence-electron chi connectivity index (χ4n) is 5.38. The minimum absolute atomic E-state index is 0. The van der Waals surface area contributed by atoms with E-state index in [1.165, 1.54) is 37.8 Å². The smallest absolute Gasteiger partial charge is 0 e. The van der Waals surface area contributed by atoms with Crippen molar-refractivity contribution in [3.05, 3.63) is 77.2 Å². The first-order chi connectivity index (χ1) is 19.1. The summed E-state index contributed by atoms with van der Waals surface area (Å²) in [5.74, 6) is 1.22. The summed E-state index contributed by atoms with van der Waals surface area (Å²) in [6.07, 6.45) is 8.01. The SMILES string of the molecule is CCC(CC)C(=O)/C=C(\O)C(CC)CC.Cc1[c-]c(-c2nccc3c2[se]c2c(CC(C)C)cccc23)cc(C)c1.[Ir]. The molecule has 0 saturated heterocycles. The van der Waals surface area contributed by atoms with Gasteiger partial charge >= 0.3 is 155 Å². The van der Waals surface area contributed by atoms with Crippen LogP contribution in [0.4, 0.5) is 0 Å². The van der Waals surface area contributed by atoms with E-state index in [-0.39, 0.29) is 43.5 Å². The molecule has 0 bridgehead atoms. The molecule has 0 unspecified atom stereocenters. The Morgan fingerprint density at radius 1 is 0.951 bits per heavy atom. The van der Waals surface area contributed by atoms with Crippen molar-refractivity contribution in [3.63, 3.8) is 0 Å². The monoisotopic (exact) mass is 797 g/mol. The second-order valence-electron chi connectivity index (χ2n) is 11.3. The summed E-state index contributed by atoms with van der Waals surface area (Å²) in [6.45, 7) is 16.9. The number of carbonyl (C=O) groups is 1. The van der Waals surface area contributed by atoms with E-state index < -0.39 is 0 Å². The maximum atomic E-state index is 11.7. The Morgan fingerprint density at radius 3 is 2.17 bits per heavy atom. The van der Waals surface area contributed by atoms with Gasteiger partial charge in [-0.25, -0.2) is 0 Å². The van der Waals surface area contributed by atoms with Gasteiger partial charge in [-0.2, -0.15) is 0 Å². The minimum Gasteiger partial charge on any atom is 0 e. The molecule has 1 radical (unpaired) electrons. The number of aromatic nitrogens is 1. The number of benzene rings is 2. The number of aliphatic hydroxyl groups is 1. The fraction of sp³-hybridized carbons (Fsp3) is 0.444. The van der Waals surface area contributed by atoms with Crippen LogP contribution in [0.5, 0.6) is 0 Å². The summed E-state index contributed by atoms with van der Waals surface area (Å²) in [4.78, 5) is 16.5. The Kier molecular flexibility index (Phi) is 14.2. The number of hydrogen-bond acceptors (Lipinski definition) is 3. The second kappa shape index (κ2) is 16.6. The van der Waals surface area contributed by atoms with Gasteiger partial charge in [-0.1, -0.05) is 27.7 Å². The number of pyridine rings is 1. The molecule has 1 N–H and O–H groups in total. The molecule has 2 aromatic carbocycles. The van der Waals surface area contributed by atoms with Crippen LogP contribution in [0.2, 0.25) is 0 Å². The summed E-state index contributed by atoms with van der Waals surface area (Å²) in [5, 5.41) is 12.6. The van der Waals surface area contributed by atoms with Crippen molar-refractivity contribution < 1.29 is 30.0 Å². The molecule has 0 fully saturated rings. The van der Waals surface area contributed by atoms with Crippen LogP contribution < -0.4 is 0 Å². The molecular weight excluding hydrogens is 750 g/mol. The number of hydrogen-bond donors (Lipinski definition) is 1. The van der Waals surface area contributed by atoms with Crippen molar-refractivity contribution in [1.29, 1.82) is 0 Å². The van der Waals surface area contributed by atoms with E-state index in [2.05, 4.69) is 70.2 Å². The Morgan fingerprint density at radius 2 is 1.59 bits per heavy atom. The normalized spacial score (nSPS) is 11.7. The third-order valence-corrected chi connectivity index (χ3v) is 10.3. The Bertz CT molecular complexity index is 1440. The third kappa shape index (κ3) is 8.98. The molecule has 0 amide bonds. The van der Waals surface area contributed by atoms with Crippen molar-refractivity contribution in [1.82, 2.24) is 4.98 Å². The minimum atomic E-state index is 0. The molecule has 0 saturated carbocycles.